The van der Waals surface area contributed by atoms with Crippen LogP contribution in [-0.4, -0.2) is 10.9 Å². The van der Waals surface area contributed by atoms with Crippen LogP contribution in [0.25, 0.3) is 10.9 Å². The highest BCUT2D eigenvalue weighted by molar-refractivity contribution is 5.94. The second kappa shape index (κ2) is 5.63. The fourth-order valence-electron chi connectivity index (χ4n) is 2.10. The number of nitrogens with two attached hydrogens (primary N) is 1. The first-order chi connectivity index (χ1) is 10.2. The predicted molar refractivity (Wildman–Crippen MR) is 83.8 cm³/mol. The summed E-state index contributed by atoms with van der Waals surface area (Å²) in [6.45, 7) is 0.452. The van der Waals surface area contributed by atoms with Crippen LogP contribution in [0, 0.1) is 0 Å². The zero-order chi connectivity index (χ0) is 14.7. The minimum Gasteiger partial charge on any atom is -0.399 e. The van der Waals surface area contributed by atoms with Crippen LogP contribution in [0.3, 0.4) is 0 Å². The average Bonchev–Trinajstić information content (AvgIpc) is 2.53. The first-order valence-corrected chi connectivity index (χ1v) is 6.71. The number of nitrogen functional groups attached to an aromatic ring is 1. The lowest BCUT2D eigenvalue weighted by atomic mass is 10.2. The van der Waals surface area contributed by atoms with Crippen LogP contribution in [0.1, 0.15) is 16.1 Å². The van der Waals surface area contributed by atoms with Crippen molar-refractivity contribution in [1.82, 2.24) is 10.3 Å². The molecule has 1 heterocycles. The van der Waals surface area contributed by atoms with Crippen molar-refractivity contribution in [2.24, 2.45) is 0 Å². The highest BCUT2D eigenvalue weighted by Gasteiger charge is 2.07. The molecular weight excluding hydrogens is 262 g/mol. The van der Waals surface area contributed by atoms with Gasteiger partial charge in [0.1, 0.15) is 5.69 Å². The third-order valence-electron chi connectivity index (χ3n) is 3.26. The molecule has 4 heteroatoms. The molecule has 0 aliphatic carbocycles. The molecule has 2 aromatic carbocycles. The van der Waals surface area contributed by atoms with Gasteiger partial charge in [0, 0.05) is 17.6 Å². The van der Waals surface area contributed by atoms with E-state index in [0.717, 1.165) is 16.5 Å². The molecule has 3 aromatic rings. The number of carbonyl (C=O) groups is 1. The summed E-state index contributed by atoms with van der Waals surface area (Å²) in [5, 5.41) is 3.88. The number of hydrogen-bond acceptors (Lipinski definition) is 3. The van der Waals surface area contributed by atoms with Gasteiger partial charge in [-0.3, -0.25) is 4.79 Å². The van der Waals surface area contributed by atoms with Crippen molar-refractivity contribution >= 4 is 22.5 Å². The third kappa shape index (κ3) is 3.00. The topological polar surface area (TPSA) is 68.0 Å². The molecule has 3 rings (SSSR count). The van der Waals surface area contributed by atoms with E-state index in [9.17, 15) is 4.79 Å². The summed E-state index contributed by atoms with van der Waals surface area (Å²) in [5.74, 6) is -0.183. The van der Waals surface area contributed by atoms with Crippen LogP contribution in [0.15, 0.2) is 60.7 Å². The lowest BCUT2D eigenvalue weighted by Crippen LogP contribution is -2.23. The summed E-state index contributed by atoms with van der Waals surface area (Å²) < 4.78 is 0. The fraction of sp³-hybridized carbons (Fsp3) is 0.0588. The molecule has 0 saturated heterocycles. The second-order valence-electron chi connectivity index (χ2n) is 4.81. The van der Waals surface area contributed by atoms with Gasteiger partial charge in [-0.25, -0.2) is 4.98 Å². The third-order valence-corrected chi connectivity index (χ3v) is 3.26. The van der Waals surface area contributed by atoms with E-state index in [1.165, 1.54) is 0 Å². The van der Waals surface area contributed by atoms with Gasteiger partial charge in [0.25, 0.3) is 5.91 Å². The molecule has 21 heavy (non-hydrogen) atoms. The summed E-state index contributed by atoms with van der Waals surface area (Å²) >= 11 is 0. The summed E-state index contributed by atoms with van der Waals surface area (Å²) in [4.78, 5) is 16.5. The van der Waals surface area contributed by atoms with Crippen molar-refractivity contribution in [3.63, 3.8) is 0 Å². The normalized spacial score (nSPS) is 10.5. The minimum absolute atomic E-state index is 0.183. The van der Waals surface area contributed by atoms with Gasteiger partial charge in [-0.2, -0.15) is 0 Å². The quantitative estimate of drug-likeness (QED) is 0.723. The Labute approximate surface area is 122 Å². The van der Waals surface area contributed by atoms with Crippen LogP contribution in [0.2, 0.25) is 0 Å². The number of rotatable bonds is 3. The molecule has 0 radical (unpaired) electrons. The van der Waals surface area contributed by atoms with Gasteiger partial charge >= 0.3 is 0 Å². The SMILES string of the molecule is Nc1ccc(CNC(=O)c2ccc3ccccc3n2)cc1. The molecule has 0 unspecified atom stereocenters. The molecule has 0 atom stereocenters. The van der Waals surface area contributed by atoms with E-state index in [4.69, 9.17) is 5.73 Å². The first-order valence-electron chi connectivity index (χ1n) is 6.71. The van der Waals surface area contributed by atoms with E-state index in [-0.39, 0.29) is 5.91 Å². The van der Waals surface area contributed by atoms with Crippen LogP contribution in [0.4, 0.5) is 5.69 Å². The van der Waals surface area contributed by atoms with Crippen molar-refractivity contribution in [2.45, 2.75) is 6.54 Å². The van der Waals surface area contributed by atoms with Crippen molar-refractivity contribution in [2.75, 3.05) is 5.73 Å². The summed E-state index contributed by atoms with van der Waals surface area (Å²) in [5.41, 5.74) is 8.57. The Morgan fingerprint density at radius 3 is 2.57 bits per heavy atom. The van der Waals surface area contributed by atoms with E-state index < -0.39 is 0 Å². The van der Waals surface area contributed by atoms with Gasteiger partial charge in [0.05, 0.1) is 5.52 Å². The summed E-state index contributed by atoms with van der Waals surface area (Å²) in [7, 11) is 0. The molecule has 0 fully saturated rings. The van der Waals surface area contributed by atoms with Crippen molar-refractivity contribution in [1.29, 1.82) is 0 Å². The number of carbonyl (C=O) groups excluding carboxylic acids is 1. The molecule has 1 aromatic heterocycles. The Morgan fingerprint density at radius 2 is 1.76 bits per heavy atom. The largest absolute Gasteiger partial charge is 0.399 e. The maximum Gasteiger partial charge on any atom is 0.270 e. The number of pyridine rings is 1. The lowest BCUT2D eigenvalue weighted by molar-refractivity contribution is 0.0946. The molecule has 0 bridgehead atoms. The minimum atomic E-state index is -0.183. The van der Waals surface area contributed by atoms with Crippen LogP contribution >= 0.6 is 0 Å². The fourth-order valence-corrected chi connectivity index (χ4v) is 2.10. The number of para-hydroxylation sites is 1. The summed E-state index contributed by atoms with van der Waals surface area (Å²) in [6.07, 6.45) is 0. The molecule has 0 spiro atoms. The summed E-state index contributed by atoms with van der Waals surface area (Å²) in [6, 6.07) is 18.8. The molecule has 0 saturated carbocycles. The van der Waals surface area contributed by atoms with E-state index in [1.54, 1.807) is 6.07 Å². The number of anilines is 1. The number of hydrogen-bond donors (Lipinski definition) is 2. The zero-order valence-corrected chi connectivity index (χ0v) is 11.4. The predicted octanol–water partition coefficient (Wildman–Crippen LogP) is 2.75. The Balaban J connectivity index is 1.73. The van der Waals surface area contributed by atoms with Gasteiger partial charge in [-0.1, -0.05) is 36.4 Å². The maximum absolute atomic E-state index is 12.1. The van der Waals surface area contributed by atoms with E-state index >= 15 is 0 Å². The first kappa shape index (κ1) is 13.1. The Kier molecular flexibility index (Phi) is 3.51. The standard InChI is InChI=1S/C17H15N3O/c18-14-8-5-12(6-9-14)11-19-17(21)16-10-7-13-3-1-2-4-15(13)20-16/h1-10H,11,18H2,(H,19,21). The van der Waals surface area contributed by atoms with Crippen molar-refractivity contribution < 1.29 is 4.79 Å². The number of nitrogens with zero attached hydrogens (tertiary/aromatic N) is 1. The molecule has 4 nitrogen and oxygen atoms in total. The van der Waals surface area contributed by atoms with Crippen LogP contribution < -0.4 is 11.1 Å². The number of nitrogens with one attached hydrogen (secondary N) is 1. The van der Waals surface area contributed by atoms with E-state index in [1.807, 2.05) is 54.6 Å². The van der Waals surface area contributed by atoms with Gasteiger partial charge < -0.3 is 11.1 Å². The number of fused-ring (bicyclic) bond motifs is 1. The Morgan fingerprint density at radius 1 is 1.00 bits per heavy atom. The maximum atomic E-state index is 12.1. The van der Waals surface area contributed by atoms with Gasteiger partial charge in [-0.15, -0.1) is 0 Å². The van der Waals surface area contributed by atoms with Gasteiger partial charge in [0.15, 0.2) is 0 Å². The zero-order valence-electron chi connectivity index (χ0n) is 11.4. The molecule has 3 N–H and O–H groups in total. The van der Waals surface area contributed by atoms with E-state index in [2.05, 4.69) is 10.3 Å². The number of benzene rings is 2. The molecular formula is C17H15N3O. The van der Waals surface area contributed by atoms with Gasteiger partial charge in [0.2, 0.25) is 0 Å². The lowest BCUT2D eigenvalue weighted by Gasteiger charge is -2.06. The monoisotopic (exact) mass is 277 g/mol. The highest BCUT2D eigenvalue weighted by Crippen LogP contribution is 2.12. The highest BCUT2D eigenvalue weighted by atomic mass is 16.1. The van der Waals surface area contributed by atoms with Crippen LogP contribution in [-0.2, 0) is 6.54 Å². The molecule has 0 aliphatic rings. The molecule has 104 valence electrons. The second-order valence-corrected chi connectivity index (χ2v) is 4.81. The number of aromatic nitrogens is 1. The molecule has 0 aliphatic heterocycles. The van der Waals surface area contributed by atoms with Gasteiger partial charge in [-0.05, 0) is 29.8 Å². The van der Waals surface area contributed by atoms with Crippen LogP contribution in [0.5, 0.6) is 0 Å². The molecule has 1 amide bonds. The van der Waals surface area contributed by atoms with Crippen molar-refractivity contribution in [3.05, 3.63) is 71.9 Å². The smallest absolute Gasteiger partial charge is 0.270 e. The Hall–Kier alpha value is -2.88. The number of amides is 1. The average molecular weight is 277 g/mol. The Bertz CT molecular complexity index is 781. The van der Waals surface area contributed by atoms with Crippen molar-refractivity contribution in [3.8, 4) is 0 Å². The van der Waals surface area contributed by atoms with E-state index in [0.29, 0.717) is 17.9 Å².